The second kappa shape index (κ2) is 7.68. The molecule has 1 aliphatic heterocycles. The number of rotatable bonds is 6. The van der Waals surface area contributed by atoms with Crippen molar-refractivity contribution in [3.63, 3.8) is 0 Å². The lowest BCUT2D eigenvalue weighted by atomic mass is 9.97. The van der Waals surface area contributed by atoms with Gasteiger partial charge < -0.3 is 5.32 Å². The van der Waals surface area contributed by atoms with Gasteiger partial charge in [-0.3, -0.25) is 4.79 Å². The van der Waals surface area contributed by atoms with Gasteiger partial charge in [-0.2, -0.15) is 9.36 Å². The molecular weight excluding hydrogens is 380 g/mol. The number of tetrazole rings is 1. The molecule has 1 aliphatic rings. The number of amides is 1. The van der Waals surface area contributed by atoms with Gasteiger partial charge in [0.15, 0.2) is 0 Å². The van der Waals surface area contributed by atoms with E-state index in [0.717, 1.165) is 0 Å². The fourth-order valence-electron chi connectivity index (χ4n) is 2.82. The van der Waals surface area contributed by atoms with Gasteiger partial charge in [0, 0.05) is 25.6 Å². The number of sulfonamides is 1. The van der Waals surface area contributed by atoms with E-state index >= 15 is 0 Å². The fraction of sp³-hybridized carbons (Fsp3) is 0.571. The first kappa shape index (κ1) is 18.7. The summed E-state index contributed by atoms with van der Waals surface area (Å²) < 4.78 is 26.8. The second-order valence-corrected chi connectivity index (χ2v) is 8.98. The SMILES string of the molecule is CS(=O)(=O)N1CCC(C(=O)NCCn2nnn(-c3cccs3)c2=O)CC1. The molecule has 10 nitrogen and oxygen atoms in total. The van der Waals surface area contributed by atoms with Crippen molar-refractivity contribution in [1.82, 2.24) is 29.4 Å². The van der Waals surface area contributed by atoms with Crippen molar-refractivity contribution in [3.8, 4) is 5.00 Å². The van der Waals surface area contributed by atoms with Crippen LogP contribution in [-0.2, 0) is 21.4 Å². The Balaban J connectivity index is 1.49. The molecule has 3 rings (SSSR count). The molecule has 3 heterocycles. The van der Waals surface area contributed by atoms with Crippen LogP contribution in [0.25, 0.3) is 5.00 Å². The highest BCUT2D eigenvalue weighted by Crippen LogP contribution is 2.19. The van der Waals surface area contributed by atoms with Crippen LogP contribution in [0.1, 0.15) is 12.8 Å². The summed E-state index contributed by atoms with van der Waals surface area (Å²) in [5.74, 6) is -0.344. The number of nitrogens with zero attached hydrogens (tertiary/aromatic N) is 5. The summed E-state index contributed by atoms with van der Waals surface area (Å²) in [5, 5.41) is 13.0. The van der Waals surface area contributed by atoms with E-state index in [1.165, 1.54) is 31.3 Å². The molecule has 0 saturated carbocycles. The Hall–Kier alpha value is -2.05. The Bertz CT molecular complexity index is 910. The average molecular weight is 400 g/mol. The fourth-order valence-corrected chi connectivity index (χ4v) is 4.36. The van der Waals surface area contributed by atoms with Gasteiger partial charge in [0.25, 0.3) is 0 Å². The molecule has 0 unspecified atom stereocenters. The number of aromatic nitrogens is 4. The maximum absolute atomic E-state index is 12.2. The van der Waals surface area contributed by atoms with Gasteiger partial charge in [0.05, 0.1) is 12.8 Å². The molecule has 2 aromatic heterocycles. The highest BCUT2D eigenvalue weighted by Gasteiger charge is 2.28. The number of nitrogens with one attached hydrogen (secondary N) is 1. The lowest BCUT2D eigenvalue weighted by molar-refractivity contribution is -0.126. The summed E-state index contributed by atoms with van der Waals surface area (Å²) in [6, 6.07) is 3.59. The second-order valence-electron chi connectivity index (χ2n) is 6.08. The molecule has 2 aromatic rings. The van der Waals surface area contributed by atoms with Gasteiger partial charge in [-0.1, -0.05) is 0 Å². The minimum Gasteiger partial charge on any atom is -0.354 e. The van der Waals surface area contributed by atoms with E-state index in [4.69, 9.17) is 0 Å². The average Bonchev–Trinajstić information content (AvgIpc) is 3.24. The minimum atomic E-state index is -3.20. The van der Waals surface area contributed by atoms with Crippen LogP contribution in [0.5, 0.6) is 0 Å². The summed E-state index contributed by atoms with van der Waals surface area (Å²) in [7, 11) is -3.20. The molecule has 142 valence electrons. The standard InChI is InChI=1S/C14H20N6O4S2/c1-26(23,24)18-7-4-11(5-8-18)13(21)15-6-9-19-14(22)20(17-16-19)12-3-2-10-25-12/h2-3,10-11H,4-9H2,1H3,(H,15,21). The number of piperidine rings is 1. The van der Waals surface area contributed by atoms with Crippen molar-refractivity contribution >= 4 is 27.3 Å². The third-order valence-corrected chi connectivity index (χ3v) is 6.42. The first-order valence-electron chi connectivity index (χ1n) is 8.16. The lowest BCUT2D eigenvalue weighted by Crippen LogP contribution is -2.43. The molecule has 0 aliphatic carbocycles. The molecule has 26 heavy (non-hydrogen) atoms. The highest BCUT2D eigenvalue weighted by molar-refractivity contribution is 7.88. The number of thiophene rings is 1. The van der Waals surface area contributed by atoms with Crippen molar-refractivity contribution in [2.24, 2.45) is 5.92 Å². The molecule has 1 saturated heterocycles. The van der Waals surface area contributed by atoms with E-state index in [2.05, 4.69) is 15.7 Å². The zero-order valence-corrected chi connectivity index (χ0v) is 15.9. The van der Waals surface area contributed by atoms with Crippen LogP contribution in [0.15, 0.2) is 22.3 Å². The third-order valence-electron chi connectivity index (χ3n) is 4.27. The minimum absolute atomic E-state index is 0.128. The largest absolute Gasteiger partial charge is 0.369 e. The van der Waals surface area contributed by atoms with Crippen molar-refractivity contribution in [1.29, 1.82) is 0 Å². The molecule has 0 bridgehead atoms. The van der Waals surface area contributed by atoms with E-state index in [0.29, 0.717) is 30.9 Å². The topological polar surface area (TPSA) is 119 Å². The van der Waals surface area contributed by atoms with Crippen molar-refractivity contribution in [3.05, 3.63) is 28.0 Å². The molecule has 0 spiro atoms. The van der Waals surface area contributed by atoms with Gasteiger partial charge in [-0.15, -0.1) is 11.3 Å². The summed E-state index contributed by atoms with van der Waals surface area (Å²) in [4.78, 5) is 24.4. The summed E-state index contributed by atoms with van der Waals surface area (Å²) in [5.41, 5.74) is -0.358. The quantitative estimate of drug-likeness (QED) is 0.683. The first-order valence-corrected chi connectivity index (χ1v) is 10.9. The highest BCUT2D eigenvalue weighted by atomic mass is 32.2. The van der Waals surface area contributed by atoms with Gasteiger partial charge in [-0.05, 0) is 40.8 Å². The van der Waals surface area contributed by atoms with Gasteiger partial charge >= 0.3 is 5.69 Å². The summed E-state index contributed by atoms with van der Waals surface area (Å²) >= 11 is 1.38. The molecule has 0 atom stereocenters. The number of carbonyl (C=O) groups excluding carboxylic acids is 1. The predicted molar refractivity (Wildman–Crippen MR) is 95.6 cm³/mol. The Kier molecular flexibility index (Phi) is 5.53. The Morgan fingerprint density at radius 3 is 2.69 bits per heavy atom. The van der Waals surface area contributed by atoms with Crippen molar-refractivity contribution in [2.75, 3.05) is 25.9 Å². The third kappa shape index (κ3) is 4.19. The van der Waals surface area contributed by atoms with E-state index in [9.17, 15) is 18.0 Å². The molecule has 12 heteroatoms. The summed E-state index contributed by atoms with van der Waals surface area (Å²) in [6.07, 6.45) is 2.16. The normalized spacial score (nSPS) is 16.7. The first-order chi connectivity index (χ1) is 12.4. The van der Waals surface area contributed by atoms with Crippen LogP contribution < -0.4 is 11.0 Å². The van der Waals surface area contributed by atoms with E-state index in [1.54, 1.807) is 6.07 Å². The van der Waals surface area contributed by atoms with E-state index in [1.807, 2.05) is 11.4 Å². The number of hydrogen-bond acceptors (Lipinski definition) is 7. The number of carbonyl (C=O) groups is 1. The van der Waals surface area contributed by atoms with Crippen LogP contribution in [0.3, 0.4) is 0 Å². The summed E-state index contributed by atoms with van der Waals surface area (Å²) in [6.45, 7) is 1.18. The van der Waals surface area contributed by atoms with Crippen LogP contribution >= 0.6 is 11.3 Å². The molecule has 1 N–H and O–H groups in total. The van der Waals surface area contributed by atoms with Crippen LogP contribution in [-0.4, -0.2) is 64.3 Å². The van der Waals surface area contributed by atoms with Gasteiger partial charge in [-0.25, -0.2) is 17.5 Å². The Morgan fingerprint density at radius 1 is 1.35 bits per heavy atom. The monoisotopic (exact) mass is 400 g/mol. The Labute approximate surface area is 154 Å². The number of hydrogen-bond donors (Lipinski definition) is 1. The van der Waals surface area contributed by atoms with Crippen molar-refractivity contribution in [2.45, 2.75) is 19.4 Å². The van der Waals surface area contributed by atoms with Crippen LogP contribution in [0.2, 0.25) is 0 Å². The van der Waals surface area contributed by atoms with E-state index in [-0.39, 0.29) is 30.6 Å². The molecule has 1 fully saturated rings. The maximum atomic E-state index is 12.2. The van der Waals surface area contributed by atoms with Gasteiger partial charge in [0.1, 0.15) is 5.00 Å². The zero-order chi connectivity index (χ0) is 18.7. The van der Waals surface area contributed by atoms with Crippen LogP contribution in [0, 0.1) is 5.92 Å². The van der Waals surface area contributed by atoms with E-state index < -0.39 is 10.0 Å². The molecule has 0 aromatic carbocycles. The Morgan fingerprint density at radius 2 is 2.08 bits per heavy atom. The molecule has 1 amide bonds. The predicted octanol–water partition coefficient (Wildman–Crippen LogP) is -0.722. The van der Waals surface area contributed by atoms with Crippen molar-refractivity contribution < 1.29 is 13.2 Å². The molecule has 0 radical (unpaired) electrons. The van der Waals surface area contributed by atoms with Crippen LogP contribution in [0.4, 0.5) is 0 Å². The maximum Gasteiger partial charge on any atom is 0.369 e. The lowest BCUT2D eigenvalue weighted by Gasteiger charge is -2.29. The smallest absolute Gasteiger partial charge is 0.354 e. The molecular formula is C14H20N6O4S2. The van der Waals surface area contributed by atoms with Gasteiger partial charge in [0.2, 0.25) is 15.9 Å². The zero-order valence-electron chi connectivity index (χ0n) is 14.2.